The van der Waals surface area contributed by atoms with Crippen LogP contribution in [0.2, 0.25) is 0 Å². The minimum Gasteiger partial charge on any atom is -0.391 e. The van der Waals surface area contributed by atoms with Crippen molar-refractivity contribution in [2.45, 2.75) is 39.3 Å². The fraction of sp³-hybridized carbons (Fsp3) is 0.389. The maximum absolute atomic E-state index is 12.4. The molecule has 133 valence electrons. The van der Waals surface area contributed by atoms with Gasteiger partial charge in [0.1, 0.15) is 11.7 Å². The van der Waals surface area contributed by atoms with Gasteiger partial charge in [0.25, 0.3) is 5.91 Å². The van der Waals surface area contributed by atoms with Crippen molar-refractivity contribution in [2.24, 2.45) is 5.92 Å². The summed E-state index contributed by atoms with van der Waals surface area (Å²) in [6, 6.07) is 6.09. The Bertz CT molecular complexity index is 746. The molecule has 7 heteroatoms. The van der Waals surface area contributed by atoms with Crippen molar-refractivity contribution >= 4 is 22.8 Å². The number of aliphatic hydroxyl groups excluding tert-OH is 1. The van der Waals surface area contributed by atoms with Gasteiger partial charge in [0.05, 0.1) is 23.3 Å². The molecule has 0 spiro atoms. The van der Waals surface area contributed by atoms with Crippen molar-refractivity contribution in [1.29, 1.82) is 0 Å². The van der Waals surface area contributed by atoms with Gasteiger partial charge in [-0.25, -0.2) is 4.98 Å². The Hall–Kier alpha value is -2.54. The fourth-order valence-electron chi connectivity index (χ4n) is 2.17. The van der Waals surface area contributed by atoms with Crippen molar-refractivity contribution in [1.82, 2.24) is 20.6 Å². The largest absolute Gasteiger partial charge is 0.391 e. The molecule has 1 aromatic carbocycles. The highest BCUT2D eigenvalue weighted by Gasteiger charge is 2.26. The molecular weight excluding hydrogens is 320 g/mol. The van der Waals surface area contributed by atoms with Crippen LogP contribution in [0.15, 0.2) is 30.5 Å². The smallest absolute Gasteiger partial charge is 0.272 e. The number of hydrogen-bond donors (Lipinski definition) is 3. The minimum absolute atomic E-state index is 0.0864. The third-order valence-electron chi connectivity index (χ3n) is 3.57. The van der Waals surface area contributed by atoms with Gasteiger partial charge >= 0.3 is 0 Å². The Morgan fingerprint density at radius 3 is 2.52 bits per heavy atom. The first-order chi connectivity index (χ1) is 11.9. The number of rotatable bonds is 7. The molecule has 1 heterocycles. The number of aliphatic hydroxyl groups is 1. The predicted molar refractivity (Wildman–Crippen MR) is 94.4 cm³/mol. The second kappa shape index (κ2) is 8.53. The van der Waals surface area contributed by atoms with Gasteiger partial charge in [-0.15, -0.1) is 0 Å². The topological polar surface area (TPSA) is 104 Å². The molecule has 7 nitrogen and oxygen atoms in total. The van der Waals surface area contributed by atoms with Gasteiger partial charge < -0.3 is 15.7 Å². The molecule has 0 saturated heterocycles. The quantitative estimate of drug-likeness (QED) is 0.705. The number of nitrogens with one attached hydrogen (secondary N) is 2. The molecule has 2 atom stereocenters. The molecule has 2 amide bonds. The van der Waals surface area contributed by atoms with Crippen LogP contribution in [0.25, 0.3) is 11.0 Å². The summed E-state index contributed by atoms with van der Waals surface area (Å²) >= 11 is 0. The van der Waals surface area contributed by atoms with E-state index in [1.807, 2.05) is 19.9 Å². The highest BCUT2D eigenvalue weighted by molar-refractivity contribution is 5.97. The zero-order valence-electron chi connectivity index (χ0n) is 14.6. The van der Waals surface area contributed by atoms with E-state index >= 15 is 0 Å². The van der Waals surface area contributed by atoms with Gasteiger partial charge in [-0.05, 0) is 31.4 Å². The molecule has 0 unspecified atom stereocenters. The molecule has 0 aliphatic carbocycles. The number of fused-ring (bicyclic) bond motifs is 1. The number of carbonyl (C=O) groups excluding carboxylic acids is 2. The van der Waals surface area contributed by atoms with Gasteiger partial charge in [0, 0.05) is 6.54 Å². The normalized spacial score (nSPS) is 13.5. The lowest BCUT2D eigenvalue weighted by Crippen LogP contribution is -2.52. The van der Waals surface area contributed by atoms with E-state index in [4.69, 9.17) is 0 Å². The third kappa shape index (κ3) is 5.22. The van der Waals surface area contributed by atoms with Gasteiger partial charge in [-0.1, -0.05) is 26.0 Å². The summed E-state index contributed by atoms with van der Waals surface area (Å²) < 4.78 is 0. The van der Waals surface area contributed by atoms with E-state index in [0.29, 0.717) is 23.4 Å². The molecule has 0 aliphatic rings. The lowest BCUT2D eigenvalue weighted by atomic mass is 10.1. The van der Waals surface area contributed by atoms with Gasteiger partial charge in [0.2, 0.25) is 5.91 Å². The molecule has 2 rings (SSSR count). The molecule has 0 aliphatic heterocycles. The van der Waals surface area contributed by atoms with Crippen LogP contribution in [-0.2, 0) is 4.79 Å². The van der Waals surface area contributed by atoms with E-state index in [2.05, 4.69) is 20.6 Å². The van der Waals surface area contributed by atoms with E-state index in [1.165, 1.54) is 13.1 Å². The summed E-state index contributed by atoms with van der Waals surface area (Å²) in [4.78, 5) is 33.0. The second-order valence-corrected chi connectivity index (χ2v) is 6.28. The Balaban J connectivity index is 2.06. The lowest BCUT2D eigenvalue weighted by molar-refractivity contribution is -0.124. The number of hydrogen-bond acceptors (Lipinski definition) is 5. The SMILES string of the molecule is CC(C)C[CH]NC(=O)[C@@H](NC(=O)c1cnc2ccccc2n1)[C@@H](C)O. The Labute approximate surface area is 146 Å². The van der Waals surface area contributed by atoms with Crippen molar-refractivity contribution in [2.75, 3.05) is 0 Å². The van der Waals surface area contributed by atoms with E-state index in [9.17, 15) is 14.7 Å². The maximum Gasteiger partial charge on any atom is 0.272 e. The Morgan fingerprint density at radius 2 is 1.88 bits per heavy atom. The van der Waals surface area contributed by atoms with Crippen molar-refractivity contribution < 1.29 is 14.7 Å². The average molecular weight is 343 g/mol. The fourth-order valence-corrected chi connectivity index (χ4v) is 2.17. The molecule has 1 radical (unpaired) electrons. The highest BCUT2D eigenvalue weighted by Crippen LogP contribution is 2.09. The molecule has 0 saturated carbocycles. The lowest BCUT2D eigenvalue weighted by Gasteiger charge is -2.20. The zero-order valence-corrected chi connectivity index (χ0v) is 14.6. The van der Waals surface area contributed by atoms with Crippen LogP contribution < -0.4 is 10.6 Å². The zero-order chi connectivity index (χ0) is 18.4. The van der Waals surface area contributed by atoms with Crippen LogP contribution >= 0.6 is 0 Å². The van der Waals surface area contributed by atoms with Gasteiger partial charge in [-0.3, -0.25) is 14.6 Å². The van der Waals surface area contributed by atoms with Crippen LogP contribution in [0.3, 0.4) is 0 Å². The molecule has 0 fully saturated rings. The molecule has 1 aromatic heterocycles. The van der Waals surface area contributed by atoms with Gasteiger partial charge in [0.15, 0.2) is 0 Å². The molecule has 25 heavy (non-hydrogen) atoms. The molecule has 3 N–H and O–H groups in total. The third-order valence-corrected chi connectivity index (χ3v) is 3.57. The van der Waals surface area contributed by atoms with E-state index in [1.54, 1.807) is 24.7 Å². The maximum atomic E-state index is 12.4. The standard InChI is InChI=1S/C18H23N4O3/c1-11(2)8-9-19-18(25)16(12(3)23)22-17(24)15-10-20-13-6-4-5-7-14(13)21-15/h4-7,9-12,16,23H,8H2,1-3H3,(H,19,25)(H,22,24)/t12-,16+/m1/s1. The van der Waals surface area contributed by atoms with E-state index < -0.39 is 24.0 Å². The van der Waals surface area contributed by atoms with Crippen LogP contribution in [-0.4, -0.2) is 39.0 Å². The van der Waals surface area contributed by atoms with Crippen LogP contribution in [0.5, 0.6) is 0 Å². The van der Waals surface area contributed by atoms with Crippen molar-refractivity contribution in [3.63, 3.8) is 0 Å². The number of benzene rings is 1. The molecule has 0 bridgehead atoms. The van der Waals surface area contributed by atoms with E-state index in [0.717, 1.165) is 0 Å². The summed E-state index contributed by atoms with van der Waals surface area (Å²) in [5.74, 6) is -0.645. The summed E-state index contributed by atoms with van der Waals surface area (Å²) in [6.07, 6.45) is 0.992. The summed E-state index contributed by atoms with van der Waals surface area (Å²) in [6.45, 7) is 7.12. The summed E-state index contributed by atoms with van der Waals surface area (Å²) in [5, 5.41) is 15.0. The number of amides is 2. The highest BCUT2D eigenvalue weighted by atomic mass is 16.3. The number of aromatic nitrogens is 2. The van der Waals surface area contributed by atoms with Crippen molar-refractivity contribution in [3.05, 3.63) is 42.7 Å². The number of nitrogens with zero attached hydrogens (tertiary/aromatic N) is 2. The van der Waals surface area contributed by atoms with Crippen LogP contribution in [0.1, 0.15) is 37.7 Å². The summed E-state index contributed by atoms with van der Waals surface area (Å²) in [5.41, 5.74) is 1.34. The first-order valence-electron chi connectivity index (χ1n) is 8.21. The molecule has 2 aromatic rings. The number of para-hydroxylation sites is 2. The minimum atomic E-state index is -1.08. The number of carbonyl (C=O) groups is 2. The van der Waals surface area contributed by atoms with Crippen LogP contribution in [0.4, 0.5) is 0 Å². The second-order valence-electron chi connectivity index (χ2n) is 6.28. The van der Waals surface area contributed by atoms with Crippen molar-refractivity contribution in [3.8, 4) is 0 Å². The molecular formula is C18H23N4O3. The summed E-state index contributed by atoms with van der Waals surface area (Å²) in [7, 11) is 0. The first-order valence-corrected chi connectivity index (χ1v) is 8.21. The first kappa shape index (κ1) is 18.8. The van der Waals surface area contributed by atoms with Gasteiger partial charge in [-0.2, -0.15) is 0 Å². The monoisotopic (exact) mass is 343 g/mol. The van der Waals surface area contributed by atoms with E-state index in [-0.39, 0.29) is 5.69 Å². The predicted octanol–water partition coefficient (Wildman–Crippen LogP) is 1.43. The average Bonchev–Trinajstić information content (AvgIpc) is 2.58. The van der Waals surface area contributed by atoms with Crippen LogP contribution in [0, 0.1) is 12.5 Å². The Kier molecular flexibility index (Phi) is 6.41. The Morgan fingerprint density at radius 1 is 1.20 bits per heavy atom.